The third-order valence-electron chi connectivity index (χ3n) is 2.33. The third kappa shape index (κ3) is 2.44. The van der Waals surface area contributed by atoms with Gasteiger partial charge in [0, 0.05) is 9.61 Å². The van der Waals surface area contributed by atoms with E-state index in [9.17, 15) is 0 Å². The summed E-state index contributed by atoms with van der Waals surface area (Å²) < 4.78 is 1.35. The van der Waals surface area contributed by atoms with E-state index in [1.807, 2.05) is 0 Å². The van der Waals surface area contributed by atoms with E-state index < -0.39 is 0 Å². The van der Waals surface area contributed by atoms with Crippen LogP contribution in [0.5, 0.6) is 0 Å². The van der Waals surface area contributed by atoms with E-state index in [1.54, 1.807) is 0 Å². The molecule has 2 N–H and O–H groups in total. The molecule has 0 unspecified atom stereocenters. The molecule has 0 aliphatic heterocycles. The molecule has 0 spiro atoms. The van der Waals surface area contributed by atoms with Gasteiger partial charge in [-0.05, 0) is 59.5 Å². The van der Waals surface area contributed by atoms with Gasteiger partial charge in [-0.1, -0.05) is 19.1 Å². The molecule has 1 nitrogen and oxygen atoms in total. The van der Waals surface area contributed by atoms with Crippen LogP contribution in [0, 0.1) is 17.4 Å². The summed E-state index contributed by atoms with van der Waals surface area (Å²) in [5.41, 5.74) is 9.91. The first-order valence-electron chi connectivity index (χ1n) is 4.58. The van der Waals surface area contributed by atoms with Gasteiger partial charge in [-0.3, -0.25) is 0 Å². The Hall–Kier alpha value is -0.0900. The van der Waals surface area contributed by atoms with Crippen molar-refractivity contribution in [1.29, 1.82) is 0 Å². The van der Waals surface area contributed by atoms with Crippen LogP contribution in [-0.2, 0) is 0 Å². The maximum atomic E-state index is 5.98. The molecular weight excluding hydrogens is 273 g/mol. The Labute approximate surface area is 93.9 Å². The van der Waals surface area contributed by atoms with Crippen LogP contribution in [-0.4, -0.2) is 0 Å². The van der Waals surface area contributed by atoms with Crippen LogP contribution in [0.15, 0.2) is 12.1 Å². The molecule has 72 valence electrons. The lowest BCUT2D eigenvalue weighted by Crippen LogP contribution is -2.09. The lowest BCUT2D eigenvalue weighted by Gasteiger charge is -2.12. The Morgan fingerprint density at radius 3 is 2.15 bits per heavy atom. The second-order valence-corrected chi connectivity index (χ2v) is 4.56. The highest BCUT2D eigenvalue weighted by molar-refractivity contribution is 14.1. The van der Waals surface area contributed by atoms with Crippen LogP contribution in [0.2, 0.25) is 0 Å². The maximum Gasteiger partial charge on any atom is 0.0292 e. The lowest BCUT2D eigenvalue weighted by molar-refractivity contribution is 0.697. The Morgan fingerprint density at radius 2 is 1.77 bits per heavy atom. The molecule has 1 aromatic rings. The minimum absolute atomic E-state index is 0.189. The first-order chi connectivity index (χ1) is 6.06. The van der Waals surface area contributed by atoms with Crippen LogP contribution in [0.25, 0.3) is 0 Å². The average molecular weight is 289 g/mol. The molecule has 0 bridgehead atoms. The smallest absolute Gasteiger partial charge is 0.0292 e. The number of benzene rings is 1. The second kappa shape index (κ2) is 4.42. The van der Waals surface area contributed by atoms with Gasteiger partial charge in [-0.25, -0.2) is 0 Å². The molecule has 0 saturated heterocycles. The number of rotatable bonds is 2. The molecule has 0 radical (unpaired) electrons. The summed E-state index contributed by atoms with van der Waals surface area (Å²) >= 11 is 2.38. The number of hydrogen-bond donors (Lipinski definition) is 1. The summed E-state index contributed by atoms with van der Waals surface area (Å²) in [6.07, 6.45) is 0.999. The molecule has 13 heavy (non-hydrogen) atoms. The average Bonchev–Trinajstić information content (AvgIpc) is 2.12. The largest absolute Gasteiger partial charge is 0.324 e. The fourth-order valence-corrected chi connectivity index (χ4v) is 1.74. The van der Waals surface area contributed by atoms with Gasteiger partial charge >= 0.3 is 0 Å². The van der Waals surface area contributed by atoms with E-state index in [-0.39, 0.29) is 6.04 Å². The van der Waals surface area contributed by atoms with Gasteiger partial charge in [-0.2, -0.15) is 0 Å². The molecular formula is C11H16IN. The summed E-state index contributed by atoms with van der Waals surface area (Å²) in [6, 6.07) is 4.58. The normalized spacial score (nSPS) is 13.0. The Morgan fingerprint density at radius 1 is 1.31 bits per heavy atom. The molecule has 0 amide bonds. The third-order valence-corrected chi connectivity index (χ3v) is 4.03. The Kier molecular flexibility index (Phi) is 3.74. The Balaban J connectivity index is 3.13. The van der Waals surface area contributed by atoms with Crippen LogP contribution >= 0.6 is 22.6 Å². The summed E-state index contributed by atoms with van der Waals surface area (Å²) in [5.74, 6) is 0. The van der Waals surface area contributed by atoms with E-state index in [1.165, 1.54) is 20.3 Å². The van der Waals surface area contributed by atoms with E-state index in [0.717, 1.165) is 6.42 Å². The molecule has 2 heteroatoms. The molecule has 0 heterocycles. The molecule has 1 atom stereocenters. The van der Waals surface area contributed by atoms with Crippen molar-refractivity contribution in [3.05, 3.63) is 32.4 Å². The van der Waals surface area contributed by atoms with Crippen molar-refractivity contribution >= 4 is 22.6 Å². The van der Waals surface area contributed by atoms with Crippen LogP contribution in [0.4, 0.5) is 0 Å². The molecule has 0 saturated carbocycles. The van der Waals surface area contributed by atoms with Crippen molar-refractivity contribution in [2.24, 2.45) is 5.73 Å². The molecule has 0 aromatic heterocycles. The fourth-order valence-electron chi connectivity index (χ4n) is 1.43. The quantitative estimate of drug-likeness (QED) is 0.830. The summed E-state index contributed by atoms with van der Waals surface area (Å²) in [6.45, 7) is 6.40. The van der Waals surface area contributed by atoms with Gasteiger partial charge in [0.15, 0.2) is 0 Å². The van der Waals surface area contributed by atoms with Crippen molar-refractivity contribution in [3.63, 3.8) is 0 Å². The first kappa shape index (κ1) is 11.0. The molecule has 1 aromatic carbocycles. The number of aryl methyl sites for hydroxylation is 2. The van der Waals surface area contributed by atoms with Gasteiger partial charge in [0.2, 0.25) is 0 Å². The molecule has 0 aliphatic carbocycles. The maximum absolute atomic E-state index is 5.98. The van der Waals surface area contributed by atoms with E-state index in [0.29, 0.717) is 0 Å². The summed E-state index contributed by atoms with van der Waals surface area (Å²) in [5, 5.41) is 0. The van der Waals surface area contributed by atoms with Crippen LogP contribution in [0.3, 0.4) is 0 Å². The highest BCUT2D eigenvalue weighted by atomic mass is 127. The van der Waals surface area contributed by atoms with Crippen LogP contribution < -0.4 is 5.73 Å². The number of halogens is 1. The zero-order chi connectivity index (χ0) is 10.0. The highest BCUT2D eigenvalue weighted by Crippen LogP contribution is 2.22. The fraction of sp³-hybridized carbons (Fsp3) is 0.455. The Bertz CT molecular complexity index is 284. The van der Waals surface area contributed by atoms with Crippen molar-refractivity contribution < 1.29 is 0 Å². The highest BCUT2D eigenvalue weighted by Gasteiger charge is 2.06. The SMILES string of the molecule is CC[C@@H](N)c1cc(C)c(I)c(C)c1. The first-order valence-corrected chi connectivity index (χ1v) is 5.66. The number of nitrogens with two attached hydrogens (primary N) is 1. The molecule has 0 fully saturated rings. The van der Waals surface area contributed by atoms with E-state index >= 15 is 0 Å². The predicted octanol–water partition coefficient (Wildman–Crippen LogP) is 3.32. The van der Waals surface area contributed by atoms with Crippen molar-refractivity contribution in [2.75, 3.05) is 0 Å². The van der Waals surface area contributed by atoms with E-state index in [4.69, 9.17) is 5.73 Å². The topological polar surface area (TPSA) is 26.0 Å². The lowest BCUT2D eigenvalue weighted by atomic mass is 10.0. The summed E-state index contributed by atoms with van der Waals surface area (Å²) in [7, 11) is 0. The van der Waals surface area contributed by atoms with Gasteiger partial charge in [-0.15, -0.1) is 0 Å². The zero-order valence-corrected chi connectivity index (χ0v) is 10.6. The van der Waals surface area contributed by atoms with Crippen molar-refractivity contribution in [3.8, 4) is 0 Å². The van der Waals surface area contributed by atoms with Gasteiger partial charge in [0.25, 0.3) is 0 Å². The number of hydrogen-bond acceptors (Lipinski definition) is 1. The van der Waals surface area contributed by atoms with Crippen LogP contribution in [0.1, 0.15) is 36.1 Å². The monoisotopic (exact) mass is 289 g/mol. The van der Waals surface area contributed by atoms with Crippen molar-refractivity contribution in [2.45, 2.75) is 33.2 Å². The summed E-state index contributed by atoms with van der Waals surface area (Å²) in [4.78, 5) is 0. The predicted molar refractivity (Wildman–Crippen MR) is 65.9 cm³/mol. The van der Waals surface area contributed by atoms with Gasteiger partial charge in [0.1, 0.15) is 0 Å². The second-order valence-electron chi connectivity index (χ2n) is 3.48. The van der Waals surface area contributed by atoms with E-state index in [2.05, 4.69) is 55.5 Å². The van der Waals surface area contributed by atoms with Gasteiger partial charge in [0.05, 0.1) is 0 Å². The zero-order valence-electron chi connectivity index (χ0n) is 8.39. The van der Waals surface area contributed by atoms with Gasteiger partial charge < -0.3 is 5.73 Å². The molecule has 1 rings (SSSR count). The standard InChI is InChI=1S/C11H16IN/c1-4-10(13)9-5-7(2)11(12)8(3)6-9/h5-6,10H,4,13H2,1-3H3/t10-/m1/s1. The minimum atomic E-state index is 0.189. The minimum Gasteiger partial charge on any atom is -0.324 e. The molecule has 0 aliphatic rings. The van der Waals surface area contributed by atoms with Crippen molar-refractivity contribution in [1.82, 2.24) is 0 Å².